The van der Waals surface area contributed by atoms with Gasteiger partial charge < -0.3 is 5.32 Å². The lowest BCUT2D eigenvalue weighted by molar-refractivity contribution is 0.0508. The minimum Gasteiger partial charge on any atom is -0.308 e. The van der Waals surface area contributed by atoms with Crippen LogP contribution in [0.4, 0.5) is 0 Å². The summed E-state index contributed by atoms with van der Waals surface area (Å²) in [7, 11) is 0. The smallest absolute Gasteiger partial charge is 0.0304 e. The molecule has 1 aliphatic heterocycles. The van der Waals surface area contributed by atoms with Crippen molar-refractivity contribution in [2.24, 2.45) is 5.92 Å². The van der Waals surface area contributed by atoms with Gasteiger partial charge in [-0.2, -0.15) is 11.8 Å². The molecule has 0 aromatic heterocycles. The van der Waals surface area contributed by atoms with Crippen molar-refractivity contribution in [3.63, 3.8) is 0 Å². The van der Waals surface area contributed by atoms with Gasteiger partial charge in [-0.05, 0) is 43.2 Å². The van der Waals surface area contributed by atoms with Crippen molar-refractivity contribution in [1.29, 1.82) is 0 Å². The van der Waals surface area contributed by atoms with Gasteiger partial charge in [0.2, 0.25) is 0 Å². The highest BCUT2D eigenvalue weighted by Gasteiger charge is 2.37. The standard InChI is InChI=1S/C16H34N2S/c1-6-16(7-2)13-18(10-9-11-19-8-3)15(12-17-16)14(4)5/h14-15,17H,6-13H2,1-5H3. The molecule has 0 aromatic rings. The van der Waals surface area contributed by atoms with E-state index in [0.29, 0.717) is 5.54 Å². The summed E-state index contributed by atoms with van der Waals surface area (Å²) >= 11 is 2.08. The predicted molar refractivity (Wildman–Crippen MR) is 89.1 cm³/mol. The van der Waals surface area contributed by atoms with Crippen molar-refractivity contribution in [2.45, 2.75) is 65.5 Å². The zero-order valence-electron chi connectivity index (χ0n) is 13.7. The Balaban J connectivity index is 2.57. The minimum atomic E-state index is 0.364. The van der Waals surface area contributed by atoms with Crippen LogP contribution in [0.2, 0.25) is 0 Å². The molecule has 0 saturated carbocycles. The minimum absolute atomic E-state index is 0.364. The number of nitrogens with one attached hydrogen (secondary N) is 1. The van der Waals surface area contributed by atoms with Crippen molar-refractivity contribution in [1.82, 2.24) is 10.2 Å². The molecular weight excluding hydrogens is 252 g/mol. The first-order valence-corrected chi connectivity index (χ1v) is 9.30. The monoisotopic (exact) mass is 286 g/mol. The van der Waals surface area contributed by atoms with Gasteiger partial charge in [0.1, 0.15) is 0 Å². The number of hydrogen-bond donors (Lipinski definition) is 1. The third-order valence-electron chi connectivity index (χ3n) is 4.72. The summed E-state index contributed by atoms with van der Waals surface area (Å²) < 4.78 is 0. The van der Waals surface area contributed by atoms with Crippen LogP contribution in [0.25, 0.3) is 0 Å². The van der Waals surface area contributed by atoms with Gasteiger partial charge in [-0.15, -0.1) is 0 Å². The Morgan fingerprint density at radius 1 is 1.26 bits per heavy atom. The third-order valence-corrected chi connectivity index (χ3v) is 5.71. The normalized spacial score (nSPS) is 24.0. The SMILES string of the molecule is CCSCCCN1CC(CC)(CC)NCC1C(C)C. The molecule has 0 spiro atoms. The summed E-state index contributed by atoms with van der Waals surface area (Å²) in [6, 6.07) is 0.720. The molecule has 3 heteroatoms. The summed E-state index contributed by atoms with van der Waals surface area (Å²) in [5.74, 6) is 3.32. The van der Waals surface area contributed by atoms with Crippen LogP contribution in [0.5, 0.6) is 0 Å². The summed E-state index contributed by atoms with van der Waals surface area (Å²) in [5.41, 5.74) is 0.364. The van der Waals surface area contributed by atoms with Gasteiger partial charge in [-0.1, -0.05) is 34.6 Å². The zero-order chi connectivity index (χ0) is 14.3. The largest absolute Gasteiger partial charge is 0.308 e. The van der Waals surface area contributed by atoms with Gasteiger partial charge >= 0.3 is 0 Å². The molecule has 1 rings (SSSR count). The van der Waals surface area contributed by atoms with E-state index in [-0.39, 0.29) is 0 Å². The Bertz CT molecular complexity index is 239. The van der Waals surface area contributed by atoms with E-state index in [2.05, 4.69) is 56.6 Å². The highest BCUT2D eigenvalue weighted by molar-refractivity contribution is 7.99. The second-order valence-corrected chi connectivity index (χ2v) is 7.59. The second kappa shape index (κ2) is 8.53. The molecule has 0 aromatic carbocycles. The molecule has 1 atom stereocenters. The Morgan fingerprint density at radius 2 is 1.95 bits per heavy atom. The first-order valence-electron chi connectivity index (χ1n) is 8.15. The molecule has 1 saturated heterocycles. The van der Waals surface area contributed by atoms with E-state index in [1.165, 1.54) is 50.4 Å². The van der Waals surface area contributed by atoms with Crippen LogP contribution in [-0.2, 0) is 0 Å². The second-order valence-electron chi connectivity index (χ2n) is 6.20. The van der Waals surface area contributed by atoms with Crippen molar-refractivity contribution in [2.75, 3.05) is 31.1 Å². The molecule has 0 bridgehead atoms. The molecule has 0 aliphatic carbocycles. The molecule has 0 amide bonds. The van der Waals surface area contributed by atoms with Gasteiger partial charge in [0.15, 0.2) is 0 Å². The van der Waals surface area contributed by atoms with E-state index >= 15 is 0 Å². The molecule has 19 heavy (non-hydrogen) atoms. The molecule has 1 unspecified atom stereocenters. The molecule has 1 fully saturated rings. The van der Waals surface area contributed by atoms with Crippen molar-refractivity contribution >= 4 is 11.8 Å². The van der Waals surface area contributed by atoms with Crippen LogP contribution in [0.1, 0.15) is 53.9 Å². The lowest BCUT2D eigenvalue weighted by atomic mass is 9.86. The topological polar surface area (TPSA) is 15.3 Å². The van der Waals surface area contributed by atoms with Gasteiger partial charge in [-0.3, -0.25) is 4.90 Å². The van der Waals surface area contributed by atoms with Crippen molar-refractivity contribution in [3.8, 4) is 0 Å². The highest BCUT2D eigenvalue weighted by atomic mass is 32.2. The number of hydrogen-bond acceptors (Lipinski definition) is 3. The Morgan fingerprint density at radius 3 is 2.47 bits per heavy atom. The summed E-state index contributed by atoms with van der Waals surface area (Å²) in [5, 5.41) is 3.85. The third kappa shape index (κ3) is 4.95. The molecular formula is C16H34N2S. The van der Waals surface area contributed by atoms with Crippen LogP contribution in [-0.4, -0.2) is 47.6 Å². The number of rotatable bonds is 8. The fourth-order valence-electron chi connectivity index (χ4n) is 3.15. The van der Waals surface area contributed by atoms with Crippen LogP contribution < -0.4 is 5.32 Å². The summed E-state index contributed by atoms with van der Waals surface area (Å²) in [4.78, 5) is 2.77. The van der Waals surface area contributed by atoms with Crippen molar-refractivity contribution in [3.05, 3.63) is 0 Å². The maximum absolute atomic E-state index is 3.85. The average molecular weight is 287 g/mol. The number of nitrogens with zero attached hydrogens (tertiary/aromatic N) is 1. The van der Waals surface area contributed by atoms with Crippen LogP contribution >= 0.6 is 11.8 Å². The number of piperazine rings is 1. The van der Waals surface area contributed by atoms with E-state index < -0.39 is 0 Å². The molecule has 1 aliphatic rings. The van der Waals surface area contributed by atoms with Crippen molar-refractivity contribution < 1.29 is 0 Å². The zero-order valence-corrected chi connectivity index (χ0v) is 14.5. The summed E-state index contributed by atoms with van der Waals surface area (Å²) in [6.45, 7) is 15.3. The Kier molecular flexibility index (Phi) is 7.78. The van der Waals surface area contributed by atoms with E-state index in [0.717, 1.165) is 12.0 Å². The van der Waals surface area contributed by atoms with Gasteiger partial charge in [0.05, 0.1) is 0 Å². The Hall–Kier alpha value is 0.270. The first-order chi connectivity index (χ1) is 9.08. The maximum atomic E-state index is 3.85. The van der Waals surface area contributed by atoms with Crippen LogP contribution in [0, 0.1) is 5.92 Å². The van der Waals surface area contributed by atoms with Gasteiger partial charge in [0.25, 0.3) is 0 Å². The molecule has 0 radical (unpaired) electrons. The van der Waals surface area contributed by atoms with E-state index in [1.807, 2.05) is 0 Å². The Labute approximate surface area is 125 Å². The highest BCUT2D eigenvalue weighted by Crippen LogP contribution is 2.25. The lowest BCUT2D eigenvalue weighted by Gasteiger charge is -2.49. The van der Waals surface area contributed by atoms with Crippen LogP contribution in [0.15, 0.2) is 0 Å². The fourth-order valence-corrected chi connectivity index (χ4v) is 3.77. The van der Waals surface area contributed by atoms with Gasteiger partial charge in [-0.25, -0.2) is 0 Å². The molecule has 2 nitrogen and oxygen atoms in total. The summed E-state index contributed by atoms with van der Waals surface area (Å²) in [6.07, 6.45) is 3.83. The molecule has 1 N–H and O–H groups in total. The van der Waals surface area contributed by atoms with E-state index in [9.17, 15) is 0 Å². The lowest BCUT2D eigenvalue weighted by Crippen LogP contribution is -2.65. The van der Waals surface area contributed by atoms with E-state index in [4.69, 9.17) is 0 Å². The quantitative estimate of drug-likeness (QED) is 0.686. The van der Waals surface area contributed by atoms with Gasteiger partial charge in [0, 0.05) is 24.7 Å². The first kappa shape index (κ1) is 17.3. The maximum Gasteiger partial charge on any atom is 0.0304 e. The fraction of sp³-hybridized carbons (Fsp3) is 1.00. The molecule has 1 heterocycles. The van der Waals surface area contributed by atoms with Crippen LogP contribution in [0.3, 0.4) is 0 Å². The van der Waals surface area contributed by atoms with E-state index in [1.54, 1.807) is 0 Å². The average Bonchev–Trinajstić information content (AvgIpc) is 2.43. The number of thioether (sulfide) groups is 1. The molecule has 114 valence electrons. The predicted octanol–water partition coefficient (Wildman–Crippen LogP) is 3.62.